The van der Waals surface area contributed by atoms with E-state index in [1.165, 1.54) is 0 Å². The number of rotatable bonds is 5. The molecule has 0 spiro atoms. The van der Waals surface area contributed by atoms with Crippen molar-refractivity contribution in [1.82, 2.24) is 0 Å². The number of alkyl halides is 1. The van der Waals surface area contributed by atoms with E-state index >= 15 is 0 Å². The summed E-state index contributed by atoms with van der Waals surface area (Å²) in [5.41, 5.74) is 7.37. The van der Waals surface area contributed by atoms with Gasteiger partial charge in [0.25, 0.3) is 0 Å². The van der Waals surface area contributed by atoms with Crippen LogP contribution in [0.5, 0.6) is 0 Å². The molecule has 0 bridgehead atoms. The molecule has 0 saturated heterocycles. The zero-order chi connectivity index (χ0) is 14.8. The average molecular weight is 383 g/mol. The molecule has 0 unspecified atom stereocenters. The summed E-state index contributed by atoms with van der Waals surface area (Å²) < 4.78 is -1.28. The summed E-state index contributed by atoms with van der Waals surface area (Å²) in [5.74, 6) is -1.02. The molecule has 0 aliphatic carbocycles. The fourth-order valence-electron chi connectivity index (χ4n) is 2.13. The third kappa shape index (κ3) is 2.99. The standard InChI is InChI=1S/C15H14INO3/c16-15(17,14(19)20)8-7-10-5-6-11(9-18)13-4-2-1-3-12(10)13/h1-6,9H,7-8,17H2,(H,19,20)/t15-/m1/s1. The van der Waals surface area contributed by atoms with Gasteiger partial charge in [0.05, 0.1) is 0 Å². The predicted octanol–water partition coefficient (Wildman–Crippen LogP) is 2.76. The SMILES string of the molecule is N[C@](I)(CCc1ccc(C=O)c2ccccc12)C(=O)O. The lowest BCUT2D eigenvalue weighted by atomic mass is 9.96. The minimum atomic E-state index is -1.28. The van der Waals surface area contributed by atoms with E-state index in [2.05, 4.69) is 0 Å². The minimum Gasteiger partial charge on any atom is -0.479 e. The lowest BCUT2D eigenvalue weighted by molar-refractivity contribution is -0.139. The number of aldehydes is 1. The molecule has 5 heteroatoms. The number of carbonyl (C=O) groups excluding carboxylic acids is 1. The van der Waals surface area contributed by atoms with Gasteiger partial charge in [0.1, 0.15) is 0 Å². The molecule has 20 heavy (non-hydrogen) atoms. The highest BCUT2D eigenvalue weighted by Gasteiger charge is 2.29. The fourth-order valence-corrected chi connectivity index (χ4v) is 2.40. The van der Waals surface area contributed by atoms with Gasteiger partial charge in [-0.3, -0.25) is 4.79 Å². The van der Waals surface area contributed by atoms with E-state index in [1.54, 1.807) is 28.7 Å². The van der Waals surface area contributed by atoms with Gasteiger partial charge >= 0.3 is 5.97 Å². The largest absolute Gasteiger partial charge is 0.479 e. The van der Waals surface area contributed by atoms with Crippen LogP contribution in [0.2, 0.25) is 0 Å². The molecule has 104 valence electrons. The van der Waals surface area contributed by atoms with Gasteiger partial charge in [0.15, 0.2) is 9.83 Å². The van der Waals surface area contributed by atoms with Crippen LogP contribution < -0.4 is 5.73 Å². The zero-order valence-electron chi connectivity index (χ0n) is 10.7. The molecule has 0 aromatic heterocycles. The summed E-state index contributed by atoms with van der Waals surface area (Å²) >= 11 is 1.75. The first-order valence-corrected chi connectivity index (χ1v) is 7.20. The molecular formula is C15H14INO3. The second-order valence-corrected chi connectivity index (χ2v) is 6.57. The summed E-state index contributed by atoms with van der Waals surface area (Å²) in [7, 11) is 0. The van der Waals surface area contributed by atoms with Gasteiger partial charge in [-0.25, -0.2) is 4.79 Å². The van der Waals surface area contributed by atoms with Crippen LogP contribution in [0.15, 0.2) is 36.4 Å². The van der Waals surface area contributed by atoms with Crippen LogP contribution in [-0.2, 0) is 11.2 Å². The number of carboxylic acid groups (broad SMARTS) is 1. The van der Waals surface area contributed by atoms with Crippen LogP contribution in [0.1, 0.15) is 22.3 Å². The maximum Gasteiger partial charge on any atom is 0.333 e. The maximum absolute atomic E-state index is 11.0. The van der Waals surface area contributed by atoms with E-state index < -0.39 is 9.51 Å². The van der Waals surface area contributed by atoms with Crippen molar-refractivity contribution in [1.29, 1.82) is 0 Å². The van der Waals surface area contributed by atoms with Crippen LogP contribution in [-0.4, -0.2) is 20.9 Å². The van der Waals surface area contributed by atoms with Crippen molar-refractivity contribution < 1.29 is 14.7 Å². The van der Waals surface area contributed by atoms with Crippen molar-refractivity contribution in [3.05, 3.63) is 47.5 Å². The van der Waals surface area contributed by atoms with Crippen molar-refractivity contribution >= 4 is 45.6 Å². The van der Waals surface area contributed by atoms with E-state index in [0.717, 1.165) is 22.6 Å². The van der Waals surface area contributed by atoms with E-state index in [9.17, 15) is 9.59 Å². The highest BCUT2D eigenvalue weighted by atomic mass is 127. The molecule has 4 nitrogen and oxygen atoms in total. The molecule has 0 amide bonds. The van der Waals surface area contributed by atoms with Crippen molar-refractivity contribution in [2.45, 2.75) is 16.4 Å². The topological polar surface area (TPSA) is 80.4 Å². The monoisotopic (exact) mass is 383 g/mol. The molecule has 0 fully saturated rings. The fraction of sp³-hybridized carbons (Fsp3) is 0.200. The summed E-state index contributed by atoms with van der Waals surface area (Å²) in [6, 6.07) is 11.2. The van der Waals surface area contributed by atoms with Gasteiger partial charge in [0.2, 0.25) is 0 Å². The Balaban J connectivity index is 2.37. The second-order valence-electron chi connectivity index (χ2n) is 4.64. The van der Waals surface area contributed by atoms with E-state index in [4.69, 9.17) is 10.8 Å². The summed E-state index contributed by atoms with van der Waals surface area (Å²) in [5, 5.41) is 10.9. The molecule has 0 aliphatic rings. The first kappa shape index (κ1) is 14.9. The quantitative estimate of drug-likeness (QED) is 0.360. The zero-order valence-corrected chi connectivity index (χ0v) is 12.8. The molecule has 2 aromatic carbocycles. The smallest absolute Gasteiger partial charge is 0.333 e. The van der Waals surface area contributed by atoms with Gasteiger partial charge < -0.3 is 10.8 Å². The van der Waals surface area contributed by atoms with Gasteiger partial charge in [0, 0.05) is 5.56 Å². The lowest BCUT2D eigenvalue weighted by Gasteiger charge is -2.17. The van der Waals surface area contributed by atoms with Crippen molar-refractivity contribution in [2.24, 2.45) is 5.73 Å². The maximum atomic E-state index is 11.0. The molecule has 3 N–H and O–H groups in total. The Morgan fingerprint density at radius 2 is 1.90 bits per heavy atom. The molecule has 0 radical (unpaired) electrons. The molecule has 1 atom stereocenters. The molecular weight excluding hydrogens is 369 g/mol. The molecule has 0 saturated carbocycles. The van der Waals surface area contributed by atoms with Crippen LogP contribution in [0.3, 0.4) is 0 Å². The van der Waals surface area contributed by atoms with Gasteiger partial charge in [-0.15, -0.1) is 0 Å². The Labute approximate surface area is 130 Å². The van der Waals surface area contributed by atoms with Gasteiger partial charge in [-0.05, 0) is 51.8 Å². The Morgan fingerprint density at radius 1 is 1.25 bits per heavy atom. The third-order valence-corrected chi connectivity index (χ3v) is 4.29. The normalized spacial score (nSPS) is 13.9. The Morgan fingerprint density at radius 3 is 2.50 bits per heavy atom. The number of carboxylic acids is 1. The lowest BCUT2D eigenvalue weighted by Crippen LogP contribution is -2.41. The van der Waals surface area contributed by atoms with Crippen LogP contribution in [0.4, 0.5) is 0 Å². The summed E-state index contributed by atoms with van der Waals surface area (Å²) in [6.45, 7) is 0. The van der Waals surface area contributed by atoms with E-state index in [1.807, 2.05) is 30.3 Å². The Hall–Kier alpha value is -1.47. The highest BCUT2D eigenvalue weighted by Crippen LogP contribution is 2.26. The van der Waals surface area contributed by atoms with Crippen molar-refractivity contribution in [2.75, 3.05) is 0 Å². The number of hydrogen-bond acceptors (Lipinski definition) is 3. The number of halogens is 1. The highest BCUT2D eigenvalue weighted by molar-refractivity contribution is 14.1. The average Bonchev–Trinajstić information content (AvgIpc) is 2.44. The number of aryl methyl sites for hydroxylation is 1. The molecule has 2 aromatic rings. The van der Waals surface area contributed by atoms with Crippen LogP contribution >= 0.6 is 22.6 Å². The van der Waals surface area contributed by atoms with Gasteiger partial charge in [-0.1, -0.05) is 36.4 Å². The first-order chi connectivity index (χ1) is 9.45. The third-order valence-electron chi connectivity index (χ3n) is 3.29. The number of carbonyl (C=O) groups is 2. The molecule has 0 heterocycles. The first-order valence-electron chi connectivity index (χ1n) is 6.12. The van der Waals surface area contributed by atoms with Crippen molar-refractivity contribution in [3.63, 3.8) is 0 Å². The van der Waals surface area contributed by atoms with E-state index in [0.29, 0.717) is 18.4 Å². The van der Waals surface area contributed by atoms with Crippen LogP contribution in [0, 0.1) is 0 Å². The Bertz CT molecular complexity index is 667. The number of aliphatic carboxylic acids is 1. The van der Waals surface area contributed by atoms with Crippen molar-refractivity contribution in [3.8, 4) is 0 Å². The number of benzene rings is 2. The number of hydrogen-bond donors (Lipinski definition) is 2. The summed E-state index contributed by atoms with van der Waals surface area (Å²) in [6.07, 6.45) is 1.70. The predicted molar refractivity (Wildman–Crippen MR) is 86.2 cm³/mol. The minimum absolute atomic E-state index is 0.327. The van der Waals surface area contributed by atoms with Crippen LogP contribution in [0.25, 0.3) is 10.8 Å². The molecule has 2 rings (SSSR count). The second kappa shape index (κ2) is 5.88. The molecule has 0 aliphatic heterocycles. The Kier molecular flexibility index (Phi) is 4.39. The van der Waals surface area contributed by atoms with E-state index in [-0.39, 0.29) is 0 Å². The number of nitrogens with two attached hydrogens (primary N) is 1. The van der Waals surface area contributed by atoms with Gasteiger partial charge in [-0.2, -0.15) is 0 Å². The number of fused-ring (bicyclic) bond motifs is 1. The summed E-state index contributed by atoms with van der Waals surface area (Å²) in [4.78, 5) is 22.1.